The zero-order chi connectivity index (χ0) is 12.4. The van der Waals surface area contributed by atoms with E-state index < -0.39 is 6.04 Å². The van der Waals surface area contributed by atoms with Crippen LogP contribution in [-0.2, 0) is 4.79 Å². The van der Waals surface area contributed by atoms with Crippen LogP contribution in [0.5, 0.6) is 5.75 Å². The molecule has 1 fully saturated rings. The van der Waals surface area contributed by atoms with Crippen LogP contribution < -0.4 is 15.4 Å². The van der Waals surface area contributed by atoms with Gasteiger partial charge in [-0.3, -0.25) is 4.79 Å². The first-order valence-electron chi connectivity index (χ1n) is 5.48. The van der Waals surface area contributed by atoms with E-state index in [4.69, 9.17) is 16.3 Å². The van der Waals surface area contributed by atoms with Gasteiger partial charge in [0.2, 0.25) is 5.91 Å². The number of amides is 1. The largest absolute Gasteiger partial charge is 0.496 e. The van der Waals surface area contributed by atoms with Gasteiger partial charge in [0, 0.05) is 23.7 Å². The summed E-state index contributed by atoms with van der Waals surface area (Å²) in [5.74, 6) is 0.635. The van der Waals surface area contributed by atoms with Crippen LogP contribution in [0.25, 0.3) is 0 Å². The fourth-order valence-electron chi connectivity index (χ4n) is 1.92. The van der Waals surface area contributed by atoms with Gasteiger partial charge in [-0.15, -0.1) is 0 Å². The lowest BCUT2D eigenvalue weighted by molar-refractivity contribution is -0.124. The van der Waals surface area contributed by atoms with E-state index in [0.29, 0.717) is 17.3 Å². The van der Waals surface area contributed by atoms with Gasteiger partial charge < -0.3 is 15.4 Å². The lowest BCUT2D eigenvalue weighted by Gasteiger charge is -2.25. The SMILES string of the molecule is COc1cc(C)c(Cl)cc1C1NCCNC1=O. The molecular formula is C12H15ClN2O2. The highest BCUT2D eigenvalue weighted by Crippen LogP contribution is 2.31. The second kappa shape index (κ2) is 4.94. The molecule has 0 bridgehead atoms. The van der Waals surface area contributed by atoms with Gasteiger partial charge in [0.25, 0.3) is 0 Å². The number of carbonyl (C=O) groups is 1. The highest BCUT2D eigenvalue weighted by molar-refractivity contribution is 6.31. The molecule has 1 aliphatic heterocycles. The van der Waals surface area contributed by atoms with Crippen molar-refractivity contribution in [3.05, 3.63) is 28.3 Å². The van der Waals surface area contributed by atoms with Gasteiger partial charge in [0.15, 0.2) is 0 Å². The Bertz CT molecular complexity index is 448. The summed E-state index contributed by atoms with van der Waals surface area (Å²) >= 11 is 6.09. The fraction of sp³-hybridized carbons (Fsp3) is 0.417. The normalized spacial score (nSPS) is 19.9. The smallest absolute Gasteiger partial charge is 0.241 e. The van der Waals surface area contributed by atoms with Crippen LogP contribution in [0.3, 0.4) is 0 Å². The number of rotatable bonds is 2. The summed E-state index contributed by atoms with van der Waals surface area (Å²) in [5, 5.41) is 6.61. The minimum atomic E-state index is -0.392. The maximum absolute atomic E-state index is 11.8. The van der Waals surface area contributed by atoms with Crippen molar-refractivity contribution in [3.8, 4) is 5.75 Å². The second-order valence-corrected chi connectivity index (χ2v) is 4.43. The van der Waals surface area contributed by atoms with Gasteiger partial charge in [-0.05, 0) is 24.6 Å². The average Bonchev–Trinajstić information content (AvgIpc) is 2.33. The van der Waals surface area contributed by atoms with Crippen LogP contribution in [0.2, 0.25) is 5.02 Å². The summed E-state index contributed by atoms with van der Waals surface area (Å²) in [7, 11) is 1.59. The van der Waals surface area contributed by atoms with Gasteiger partial charge >= 0.3 is 0 Å². The molecule has 1 saturated heterocycles. The summed E-state index contributed by atoms with van der Waals surface area (Å²) in [4.78, 5) is 11.8. The number of benzene rings is 1. The number of piperazine rings is 1. The van der Waals surface area contributed by atoms with Crippen molar-refractivity contribution >= 4 is 17.5 Å². The predicted molar refractivity (Wildman–Crippen MR) is 66.5 cm³/mol. The van der Waals surface area contributed by atoms with Crippen LogP contribution in [0.1, 0.15) is 17.2 Å². The first kappa shape index (κ1) is 12.2. The number of carbonyl (C=O) groups excluding carboxylic acids is 1. The monoisotopic (exact) mass is 254 g/mol. The van der Waals surface area contributed by atoms with E-state index >= 15 is 0 Å². The molecule has 0 aliphatic carbocycles. The fourth-order valence-corrected chi connectivity index (χ4v) is 2.09. The molecule has 1 aliphatic rings. The molecule has 0 saturated carbocycles. The molecule has 0 spiro atoms. The molecule has 1 atom stereocenters. The number of ether oxygens (including phenoxy) is 1. The number of aryl methyl sites for hydroxylation is 1. The minimum absolute atomic E-state index is 0.0468. The van der Waals surface area contributed by atoms with E-state index in [1.807, 2.05) is 13.0 Å². The van der Waals surface area contributed by atoms with Gasteiger partial charge in [-0.2, -0.15) is 0 Å². The molecule has 2 N–H and O–H groups in total. The third kappa shape index (κ3) is 2.37. The first-order valence-corrected chi connectivity index (χ1v) is 5.86. The zero-order valence-electron chi connectivity index (χ0n) is 9.84. The lowest BCUT2D eigenvalue weighted by Crippen LogP contribution is -2.47. The molecule has 17 heavy (non-hydrogen) atoms. The van der Waals surface area contributed by atoms with E-state index in [0.717, 1.165) is 17.7 Å². The maximum atomic E-state index is 11.8. The van der Waals surface area contributed by atoms with Crippen molar-refractivity contribution < 1.29 is 9.53 Å². The molecule has 0 radical (unpaired) electrons. The molecular weight excluding hydrogens is 240 g/mol. The van der Waals surface area contributed by atoms with E-state index in [1.54, 1.807) is 13.2 Å². The highest BCUT2D eigenvalue weighted by Gasteiger charge is 2.26. The molecule has 1 aromatic rings. The van der Waals surface area contributed by atoms with Gasteiger partial charge in [0.1, 0.15) is 11.8 Å². The van der Waals surface area contributed by atoms with E-state index in [1.165, 1.54) is 0 Å². The van der Waals surface area contributed by atoms with Crippen LogP contribution in [-0.4, -0.2) is 26.1 Å². The van der Waals surface area contributed by atoms with Crippen molar-refractivity contribution in [1.82, 2.24) is 10.6 Å². The third-order valence-electron chi connectivity index (χ3n) is 2.86. The summed E-state index contributed by atoms with van der Waals surface area (Å²) in [6.07, 6.45) is 0. The third-order valence-corrected chi connectivity index (χ3v) is 3.26. The predicted octanol–water partition coefficient (Wildman–Crippen LogP) is 1.42. The molecule has 4 nitrogen and oxygen atoms in total. The molecule has 1 aromatic carbocycles. The topological polar surface area (TPSA) is 50.4 Å². The standard InChI is InChI=1S/C12H15ClN2O2/c1-7-5-10(17-2)8(6-9(7)13)11-12(16)15-4-3-14-11/h5-6,11,14H,3-4H2,1-2H3,(H,15,16). The molecule has 5 heteroatoms. The molecule has 92 valence electrons. The molecule has 1 heterocycles. The minimum Gasteiger partial charge on any atom is -0.496 e. The number of hydrogen-bond acceptors (Lipinski definition) is 3. The Labute approximate surface area is 105 Å². The summed E-state index contributed by atoms with van der Waals surface area (Å²) in [6, 6.07) is 3.25. The Balaban J connectivity index is 2.42. The Kier molecular flexibility index (Phi) is 3.54. The Morgan fingerprint density at radius 2 is 2.18 bits per heavy atom. The molecule has 1 amide bonds. The van der Waals surface area contributed by atoms with E-state index in [2.05, 4.69) is 10.6 Å². The average molecular weight is 255 g/mol. The van der Waals surface area contributed by atoms with Crippen LogP contribution in [0, 0.1) is 6.92 Å². The first-order chi connectivity index (χ1) is 8.13. The van der Waals surface area contributed by atoms with Crippen LogP contribution in [0.15, 0.2) is 12.1 Å². The summed E-state index contributed by atoms with van der Waals surface area (Å²) in [5.41, 5.74) is 1.71. The van der Waals surface area contributed by atoms with E-state index in [-0.39, 0.29) is 5.91 Å². The lowest BCUT2D eigenvalue weighted by atomic mass is 10.0. The number of methoxy groups -OCH3 is 1. The molecule has 2 rings (SSSR count). The number of nitrogens with one attached hydrogen (secondary N) is 2. The quantitative estimate of drug-likeness (QED) is 0.839. The summed E-state index contributed by atoms with van der Waals surface area (Å²) in [6.45, 7) is 3.30. The van der Waals surface area contributed by atoms with Crippen molar-refractivity contribution in [2.24, 2.45) is 0 Å². The van der Waals surface area contributed by atoms with Gasteiger partial charge in [-0.25, -0.2) is 0 Å². The molecule has 0 aromatic heterocycles. The zero-order valence-corrected chi connectivity index (χ0v) is 10.6. The summed E-state index contributed by atoms with van der Waals surface area (Å²) < 4.78 is 5.30. The van der Waals surface area contributed by atoms with E-state index in [9.17, 15) is 4.79 Å². The Morgan fingerprint density at radius 1 is 1.41 bits per heavy atom. The maximum Gasteiger partial charge on any atom is 0.241 e. The van der Waals surface area contributed by atoms with Gasteiger partial charge in [-0.1, -0.05) is 11.6 Å². The highest BCUT2D eigenvalue weighted by atomic mass is 35.5. The Hall–Kier alpha value is -1.26. The molecule has 1 unspecified atom stereocenters. The van der Waals surface area contributed by atoms with Crippen LogP contribution in [0.4, 0.5) is 0 Å². The number of hydrogen-bond donors (Lipinski definition) is 2. The van der Waals surface area contributed by atoms with Crippen molar-refractivity contribution in [3.63, 3.8) is 0 Å². The van der Waals surface area contributed by atoms with Crippen molar-refractivity contribution in [1.29, 1.82) is 0 Å². The van der Waals surface area contributed by atoms with Crippen molar-refractivity contribution in [2.75, 3.05) is 20.2 Å². The number of halogens is 1. The van der Waals surface area contributed by atoms with Crippen LogP contribution >= 0.6 is 11.6 Å². The second-order valence-electron chi connectivity index (χ2n) is 4.02. The van der Waals surface area contributed by atoms with Crippen molar-refractivity contribution in [2.45, 2.75) is 13.0 Å². The van der Waals surface area contributed by atoms with Gasteiger partial charge in [0.05, 0.1) is 7.11 Å². The Morgan fingerprint density at radius 3 is 2.82 bits per heavy atom.